The molecule has 4 heteroatoms. The number of aromatic amines is 1. The van der Waals surface area contributed by atoms with E-state index in [0.717, 1.165) is 16.8 Å². The first-order valence-electron chi connectivity index (χ1n) is 6.48. The molecule has 0 aliphatic rings. The van der Waals surface area contributed by atoms with E-state index in [1.165, 1.54) is 12.3 Å². The van der Waals surface area contributed by atoms with Gasteiger partial charge in [0.1, 0.15) is 5.56 Å². The molecule has 0 fully saturated rings. The maximum absolute atomic E-state index is 12.3. The first-order chi connectivity index (χ1) is 9.49. The van der Waals surface area contributed by atoms with Crippen molar-refractivity contribution >= 4 is 5.91 Å². The number of nitrogens with one attached hydrogen (secondary N) is 1. The average molecular weight is 270 g/mol. The fraction of sp³-hybridized carbons (Fsp3) is 0.250. The third-order valence-electron chi connectivity index (χ3n) is 3.30. The summed E-state index contributed by atoms with van der Waals surface area (Å²) in [7, 11) is 1.70. The number of H-pyrrole nitrogens is 1. The first kappa shape index (κ1) is 14.1. The maximum atomic E-state index is 12.3. The van der Waals surface area contributed by atoms with Crippen LogP contribution in [-0.2, 0) is 6.54 Å². The molecule has 0 aliphatic carbocycles. The molecule has 0 bridgehead atoms. The lowest BCUT2D eigenvalue weighted by molar-refractivity contribution is 0.0783. The van der Waals surface area contributed by atoms with Crippen LogP contribution >= 0.6 is 0 Å². The van der Waals surface area contributed by atoms with Crippen LogP contribution in [0, 0.1) is 13.8 Å². The summed E-state index contributed by atoms with van der Waals surface area (Å²) in [4.78, 5) is 28.6. The molecule has 0 unspecified atom stereocenters. The molecule has 104 valence electrons. The molecule has 0 saturated heterocycles. The molecule has 1 amide bonds. The molecule has 2 rings (SSSR count). The van der Waals surface area contributed by atoms with Crippen molar-refractivity contribution in [2.75, 3.05) is 7.05 Å². The summed E-state index contributed by atoms with van der Waals surface area (Å²) in [5.41, 5.74) is 2.87. The molecule has 0 radical (unpaired) electrons. The van der Waals surface area contributed by atoms with E-state index in [1.54, 1.807) is 18.9 Å². The molecule has 1 aromatic heterocycles. The third-order valence-corrected chi connectivity index (χ3v) is 3.30. The summed E-state index contributed by atoms with van der Waals surface area (Å²) >= 11 is 0. The van der Waals surface area contributed by atoms with Gasteiger partial charge in [-0.05, 0) is 25.0 Å². The van der Waals surface area contributed by atoms with Crippen LogP contribution in [0.4, 0.5) is 0 Å². The van der Waals surface area contributed by atoms with Gasteiger partial charge in [-0.2, -0.15) is 0 Å². The standard InChI is InChI=1S/C16H18N2O2/c1-11-6-4-5-7-13(11)10-18(3)16(20)14-9-17-12(2)8-15(14)19/h4-9H,10H2,1-3H3,(H,17,19). The zero-order valence-corrected chi connectivity index (χ0v) is 11.9. The van der Waals surface area contributed by atoms with Crippen LogP contribution in [0.2, 0.25) is 0 Å². The predicted molar refractivity (Wildman–Crippen MR) is 78.8 cm³/mol. The Labute approximate surface area is 118 Å². The Morgan fingerprint density at radius 2 is 1.95 bits per heavy atom. The Bertz CT molecular complexity index is 689. The van der Waals surface area contributed by atoms with Gasteiger partial charge in [-0.25, -0.2) is 0 Å². The molecule has 0 spiro atoms. The number of carbonyl (C=O) groups is 1. The normalized spacial score (nSPS) is 10.3. The van der Waals surface area contributed by atoms with E-state index in [-0.39, 0.29) is 16.9 Å². The second-order valence-electron chi connectivity index (χ2n) is 4.98. The molecule has 2 aromatic rings. The Morgan fingerprint density at radius 1 is 1.25 bits per heavy atom. The summed E-state index contributed by atoms with van der Waals surface area (Å²) in [6, 6.07) is 9.34. The Balaban J connectivity index is 2.21. The molecule has 20 heavy (non-hydrogen) atoms. The van der Waals surface area contributed by atoms with Crippen LogP contribution in [0.5, 0.6) is 0 Å². The highest BCUT2D eigenvalue weighted by atomic mass is 16.2. The fourth-order valence-corrected chi connectivity index (χ4v) is 2.06. The number of carbonyl (C=O) groups excluding carboxylic acids is 1. The highest BCUT2D eigenvalue weighted by molar-refractivity contribution is 5.93. The zero-order valence-electron chi connectivity index (χ0n) is 11.9. The first-order valence-corrected chi connectivity index (χ1v) is 6.48. The SMILES string of the molecule is Cc1cc(=O)c(C(=O)N(C)Cc2ccccc2C)c[nH]1. The van der Waals surface area contributed by atoms with E-state index >= 15 is 0 Å². The van der Waals surface area contributed by atoms with Crippen molar-refractivity contribution in [1.82, 2.24) is 9.88 Å². The largest absolute Gasteiger partial charge is 0.364 e. The van der Waals surface area contributed by atoms with Crippen molar-refractivity contribution < 1.29 is 4.79 Å². The minimum absolute atomic E-state index is 0.173. The lowest BCUT2D eigenvalue weighted by Crippen LogP contribution is -2.30. The van der Waals surface area contributed by atoms with Gasteiger partial charge in [-0.3, -0.25) is 9.59 Å². The monoisotopic (exact) mass is 270 g/mol. The van der Waals surface area contributed by atoms with Gasteiger partial charge in [0.25, 0.3) is 5.91 Å². The van der Waals surface area contributed by atoms with Crippen molar-refractivity contribution in [1.29, 1.82) is 0 Å². The number of amides is 1. The van der Waals surface area contributed by atoms with Crippen LogP contribution in [0.25, 0.3) is 0 Å². The topological polar surface area (TPSA) is 53.2 Å². The van der Waals surface area contributed by atoms with E-state index in [1.807, 2.05) is 31.2 Å². The molecule has 0 atom stereocenters. The smallest absolute Gasteiger partial charge is 0.259 e. The van der Waals surface area contributed by atoms with Crippen LogP contribution < -0.4 is 5.43 Å². The quantitative estimate of drug-likeness (QED) is 0.930. The molecular formula is C16H18N2O2. The number of hydrogen-bond donors (Lipinski definition) is 1. The highest BCUT2D eigenvalue weighted by Crippen LogP contribution is 2.10. The van der Waals surface area contributed by atoms with Crippen LogP contribution in [0.1, 0.15) is 27.2 Å². The van der Waals surface area contributed by atoms with Crippen LogP contribution in [0.15, 0.2) is 41.3 Å². The van der Waals surface area contributed by atoms with E-state index in [2.05, 4.69) is 4.98 Å². The second-order valence-corrected chi connectivity index (χ2v) is 4.98. The van der Waals surface area contributed by atoms with Crippen molar-refractivity contribution in [3.8, 4) is 0 Å². The molecular weight excluding hydrogens is 252 g/mol. The minimum Gasteiger partial charge on any atom is -0.364 e. The average Bonchev–Trinajstić information content (AvgIpc) is 2.40. The molecule has 1 heterocycles. The Morgan fingerprint density at radius 3 is 2.60 bits per heavy atom. The number of benzene rings is 1. The van der Waals surface area contributed by atoms with Gasteiger partial charge in [0, 0.05) is 31.5 Å². The molecule has 1 aromatic carbocycles. The van der Waals surface area contributed by atoms with Gasteiger partial charge in [0.2, 0.25) is 0 Å². The van der Waals surface area contributed by atoms with Gasteiger partial charge >= 0.3 is 0 Å². The molecule has 1 N–H and O–H groups in total. The second kappa shape index (κ2) is 5.74. The Hall–Kier alpha value is -2.36. The maximum Gasteiger partial charge on any atom is 0.259 e. The predicted octanol–water partition coefficient (Wildman–Crippen LogP) is 2.26. The van der Waals surface area contributed by atoms with E-state index < -0.39 is 0 Å². The third kappa shape index (κ3) is 2.96. The van der Waals surface area contributed by atoms with Gasteiger partial charge < -0.3 is 9.88 Å². The van der Waals surface area contributed by atoms with Crippen LogP contribution in [-0.4, -0.2) is 22.8 Å². The van der Waals surface area contributed by atoms with Gasteiger partial charge in [-0.1, -0.05) is 24.3 Å². The highest BCUT2D eigenvalue weighted by Gasteiger charge is 2.15. The molecule has 0 saturated carbocycles. The number of hydrogen-bond acceptors (Lipinski definition) is 2. The van der Waals surface area contributed by atoms with Crippen LogP contribution in [0.3, 0.4) is 0 Å². The van der Waals surface area contributed by atoms with E-state index in [0.29, 0.717) is 6.54 Å². The van der Waals surface area contributed by atoms with Gasteiger partial charge in [0.05, 0.1) is 0 Å². The van der Waals surface area contributed by atoms with Crippen molar-refractivity contribution in [2.45, 2.75) is 20.4 Å². The summed E-state index contributed by atoms with van der Waals surface area (Å²) in [5.74, 6) is -0.269. The fourth-order valence-electron chi connectivity index (χ4n) is 2.06. The van der Waals surface area contributed by atoms with E-state index in [4.69, 9.17) is 0 Å². The van der Waals surface area contributed by atoms with Crippen molar-refractivity contribution in [3.05, 3.63) is 69.1 Å². The number of pyridine rings is 1. The summed E-state index contributed by atoms with van der Waals surface area (Å²) < 4.78 is 0. The van der Waals surface area contributed by atoms with E-state index in [9.17, 15) is 9.59 Å². The number of nitrogens with zero attached hydrogens (tertiary/aromatic N) is 1. The summed E-state index contributed by atoms with van der Waals surface area (Å²) in [6.07, 6.45) is 1.48. The van der Waals surface area contributed by atoms with Crippen molar-refractivity contribution in [3.63, 3.8) is 0 Å². The number of aromatic nitrogens is 1. The minimum atomic E-state index is -0.269. The molecule has 4 nitrogen and oxygen atoms in total. The Kier molecular flexibility index (Phi) is 4.03. The number of rotatable bonds is 3. The van der Waals surface area contributed by atoms with Crippen molar-refractivity contribution in [2.24, 2.45) is 0 Å². The van der Waals surface area contributed by atoms with Gasteiger partial charge in [0.15, 0.2) is 5.43 Å². The lowest BCUT2D eigenvalue weighted by atomic mass is 10.1. The number of aryl methyl sites for hydroxylation is 2. The summed E-state index contributed by atoms with van der Waals surface area (Å²) in [6.45, 7) is 4.28. The summed E-state index contributed by atoms with van der Waals surface area (Å²) in [5, 5.41) is 0. The lowest BCUT2D eigenvalue weighted by Gasteiger charge is -2.18. The zero-order chi connectivity index (χ0) is 14.7. The van der Waals surface area contributed by atoms with Gasteiger partial charge in [-0.15, -0.1) is 0 Å². The molecule has 0 aliphatic heterocycles.